The molecule has 0 amide bonds. The second-order valence-corrected chi connectivity index (χ2v) is 4.89. The van der Waals surface area contributed by atoms with E-state index in [1.165, 1.54) is 5.56 Å². The highest BCUT2D eigenvalue weighted by molar-refractivity contribution is 5.35. The SMILES string of the molecule is Cc1cc(C)n2c(CNCc3cccnc3)cnc2n1. The minimum Gasteiger partial charge on any atom is -0.307 e. The van der Waals surface area contributed by atoms with Crippen LogP contribution >= 0.6 is 0 Å². The summed E-state index contributed by atoms with van der Waals surface area (Å²) in [6, 6.07) is 6.08. The van der Waals surface area contributed by atoms with Gasteiger partial charge in [0, 0.05) is 36.9 Å². The lowest BCUT2D eigenvalue weighted by atomic mass is 10.3. The van der Waals surface area contributed by atoms with E-state index in [4.69, 9.17) is 0 Å². The summed E-state index contributed by atoms with van der Waals surface area (Å²) in [7, 11) is 0. The summed E-state index contributed by atoms with van der Waals surface area (Å²) in [5, 5.41) is 3.41. The van der Waals surface area contributed by atoms with E-state index in [9.17, 15) is 0 Å². The Labute approximate surface area is 117 Å². The monoisotopic (exact) mass is 267 g/mol. The normalized spacial score (nSPS) is 11.1. The fourth-order valence-electron chi connectivity index (χ4n) is 2.36. The van der Waals surface area contributed by atoms with Gasteiger partial charge in [0.2, 0.25) is 5.78 Å². The van der Waals surface area contributed by atoms with Crippen molar-refractivity contribution in [3.05, 3.63) is 59.4 Å². The third kappa shape index (κ3) is 2.53. The lowest BCUT2D eigenvalue weighted by molar-refractivity contribution is 0.671. The molecule has 20 heavy (non-hydrogen) atoms. The number of nitrogens with zero attached hydrogens (tertiary/aromatic N) is 4. The number of aromatic nitrogens is 4. The number of pyridine rings is 1. The molecule has 0 unspecified atom stereocenters. The number of hydrogen-bond donors (Lipinski definition) is 1. The Hall–Kier alpha value is -2.27. The van der Waals surface area contributed by atoms with E-state index in [1.807, 2.05) is 25.4 Å². The average molecular weight is 267 g/mol. The molecule has 0 saturated carbocycles. The summed E-state index contributed by atoms with van der Waals surface area (Å²) in [4.78, 5) is 12.9. The summed E-state index contributed by atoms with van der Waals surface area (Å²) in [5.74, 6) is 0.765. The summed E-state index contributed by atoms with van der Waals surface area (Å²) in [5.41, 5.74) is 4.44. The van der Waals surface area contributed by atoms with Crippen LogP contribution in [0.5, 0.6) is 0 Å². The molecule has 5 nitrogen and oxygen atoms in total. The molecule has 3 rings (SSSR count). The van der Waals surface area contributed by atoms with Crippen LogP contribution in [0.4, 0.5) is 0 Å². The maximum absolute atomic E-state index is 4.44. The van der Waals surface area contributed by atoms with Gasteiger partial charge in [0.15, 0.2) is 0 Å². The summed E-state index contributed by atoms with van der Waals surface area (Å²) in [6.45, 7) is 5.61. The Kier molecular flexibility index (Phi) is 3.43. The molecule has 3 heterocycles. The molecule has 102 valence electrons. The number of hydrogen-bond acceptors (Lipinski definition) is 4. The van der Waals surface area contributed by atoms with E-state index >= 15 is 0 Å². The van der Waals surface area contributed by atoms with Gasteiger partial charge < -0.3 is 5.32 Å². The van der Waals surface area contributed by atoms with Gasteiger partial charge in [-0.1, -0.05) is 6.07 Å². The number of fused-ring (bicyclic) bond motifs is 1. The molecule has 0 aliphatic rings. The molecule has 3 aromatic heterocycles. The number of nitrogens with one attached hydrogen (secondary N) is 1. The van der Waals surface area contributed by atoms with E-state index < -0.39 is 0 Å². The van der Waals surface area contributed by atoms with Crippen molar-refractivity contribution >= 4 is 5.78 Å². The highest BCUT2D eigenvalue weighted by Crippen LogP contribution is 2.10. The molecule has 0 bridgehead atoms. The molecule has 5 heteroatoms. The molecule has 0 atom stereocenters. The second-order valence-electron chi connectivity index (χ2n) is 4.89. The van der Waals surface area contributed by atoms with Gasteiger partial charge >= 0.3 is 0 Å². The maximum atomic E-state index is 4.44. The first-order valence-electron chi connectivity index (χ1n) is 6.64. The van der Waals surface area contributed by atoms with Gasteiger partial charge in [0.05, 0.1) is 11.9 Å². The molecule has 0 radical (unpaired) electrons. The van der Waals surface area contributed by atoms with E-state index in [0.29, 0.717) is 0 Å². The zero-order valence-corrected chi connectivity index (χ0v) is 11.7. The molecule has 0 fully saturated rings. The van der Waals surface area contributed by atoms with Crippen LogP contribution in [0.2, 0.25) is 0 Å². The van der Waals surface area contributed by atoms with Crippen molar-refractivity contribution < 1.29 is 0 Å². The topological polar surface area (TPSA) is 55.1 Å². The van der Waals surface area contributed by atoms with Gasteiger partial charge in [-0.2, -0.15) is 0 Å². The first-order chi connectivity index (χ1) is 9.74. The van der Waals surface area contributed by atoms with Crippen molar-refractivity contribution in [2.45, 2.75) is 26.9 Å². The van der Waals surface area contributed by atoms with E-state index in [0.717, 1.165) is 35.9 Å². The van der Waals surface area contributed by atoms with E-state index in [1.54, 1.807) is 6.20 Å². The summed E-state index contributed by atoms with van der Waals surface area (Å²) in [6.07, 6.45) is 5.54. The Morgan fingerprint density at radius 2 is 2.10 bits per heavy atom. The molecular formula is C15H17N5. The predicted molar refractivity (Wildman–Crippen MR) is 77.2 cm³/mol. The molecule has 0 saturated heterocycles. The van der Waals surface area contributed by atoms with Gasteiger partial charge in [-0.05, 0) is 31.5 Å². The lowest BCUT2D eigenvalue weighted by Crippen LogP contribution is -2.15. The Morgan fingerprint density at radius 3 is 2.90 bits per heavy atom. The van der Waals surface area contributed by atoms with Crippen molar-refractivity contribution in [3.8, 4) is 0 Å². The third-order valence-electron chi connectivity index (χ3n) is 3.22. The summed E-state index contributed by atoms with van der Waals surface area (Å²) >= 11 is 0. The van der Waals surface area contributed by atoms with E-state index in [2.05, 4.69) is 43.7 Å². The first-order valence-corrected chi connectivity index (χ1v) is 6.64. The molecule has 0 aromatic carbocycles. The average Bonchev–Trinajstić information content (AvgIpc) is 2.83. The molecular weight excluding hydrogens is 250 g/mol. The number of aryl methyl sites for hydroxylation is 2. The quantitative estimate of drug-likeness (QED) is 0.786. The molecule has 0 aliphatic heterocycles. The molecule has 1 N–H and O–H groups in total. The van der Waals surface area contributed by atoms with Crippen LogP contribution in [0.25, 0.3) is 5.78 Å². The van der Waals surface area contributed by atoms with Crippen molar-refractivity contribution in [2.75, 3.05) is 0 Å². The van der Waals surface area contributed by atoms with Crippen LogP contribution < -0.4 is 5.32 Å². The highest BCUT2D eigenvalue weighted by atomic mass is 15.1. The molecule has 0 spiro atoms. The van der Waals surface area contributed by atoms with Gasteiger partial charge in [0.1, 0.15) is 0 Å². The first kappa shape index (κ1) is 12.7. The molecule has 3 aromatic rings. The van der Waals surface area contributed by atoms with Crippen LogP contribution in [0.3, 0.4) is 0 Å². The van der Waals surface area contributed by atoms with Crippen LogP contribution in [0.1, 0.15) is 22.6 Å². The maximum Gasteiger partial charge on any atom is 0.234 e. The van der Waals surface area contributed by atoms with Crippen molar-refractivity contribution in [1.82, 2.24) is 24.7 Å². The Morgan fingerprint density at radius 1 is 1.20 bits per heavy atom. The number of rotatable bonds is 4. The zero-order chi connectivity index (χ0) is 13.9. The minimum absolute atomic E-state index is 0.752. The zero-order valence-electron chi connectivity index (χ0n) is 11.7. The van der Waals surface area contributed by atoms with Gasteiger partial charge in [-0.25, -0.2) is 9.97 Å². The van der Waals surface area contributed by atoms with Crippen molar-refractivity contribution in [1.29, 1.82) is 0 Å². The fourth-order valence-corrected chi connectivity index (χ4v) is 2.36. The standard InChI is InChI=1S/C15H17N5/c1-11-6-12(2)20-14(10-18-15(20)19-11)9-17-8-13-4-3-5-16-7-13/h3-7,10,17H,8-9H2,1-2H3. The van der Waals surface area contributed by atoms with Crippen molar-refractivity contribution in [2.24, 2.45) is 0 Å². The highest BCUT2D eigenvalue weighted by Gasteiger charge is 2.07. The van der Waals surface area contributed by atoms with Gasteiger partial charge in [0.25, 0.3) is 0 Å². The summed E-state index contributed by atoms with van der Waals surface area (Å²) < 4.78 is 2.09. The fraction of sp³-hybridized carbons (Fsp3) is 0.267. The molecule has 0 aliphatic carbocycles. The van der Waals surface area contributed by atoms with E-state index in [-0.39, 0.29) is 0 Å². The van der Waals surface area contributed by atoms with Crippen LogP contribution in [-0.4, -0.2) is 19.4 Å². The number of imidazole rings is 1. The Bertz CT molecular complexity index is 718. The second kappa shape index (κ2) is 5.38. The smallest absolute Gasteiger partial charge is 0.234 e. The van der Waals surface area contributed by atoms with Crippen LogP contribution in [0.15, 0.2) is 36.8 Å². The Balaban J connectivity index is 1.75. The van der Waals surface area contributed by atoms with Crippen LogP contribution in [-0.2, 0) is 13.1 Å². The minimum atomic E-state index is 0.752. The van der Waals surface area contributed by atoms with Gasteiger partial charge in [-0.15, -0.1) is 0 Å². The van der Waals surface area contributed by atoms with Crippen LogP contribution in [0, 0.1) is 13.8 Å². The largest absolute Gasteiger partial charge is 0.307 e. The lowest BCUT2D eigenvalue weighted by Gasteiger charge is -2.07. The predicted octanol–water partition coefficient (Wildman–Crippen LogP) is 2.03. The van der Waals surface area contributed by atoms with Gasteiger partial charge in [-0.3, -0.25) is 9.38 Å². The third-order valence-corrected chi connectivity index (χ3v) is 3.22. The van der Waals surface area contributed by atoms with Crippen molar-refractivity contribution in [3.63, 3.8) is 0 Å².